The molecule has 2 aromatic rings. The predicted octanol–water partition coefficient (Wildman–Crippen LogP) is 3.07. The summed E-state index contributed by atoms with van der Waals surface area (Å²) in [6, 6.07) is 13.0. The van der Waals surface area contributed by atoms with Crippen LogP contribution in [0.4, 0.5) is 8.78 Å². The summed E-state index contributed by atoms with van der Waals surface area (Å²) in [5.74, 6) is 0.553. The summed E-state index contributed by atoms with van der Waals surface area (Å²) in [5.41, 5.74) is 1.26. The number of para-hydroxylation sites is 1. The molecule has 0 bridgehead atoms. The molecule has 0 aliphatic heterocycles. The van der Waals surface area contributed by atoms with Crippen LogP contribution in [-0.2, 0) is 23.1 Å². The molecule has 0 aliphatic rings. The number of rotatable bonds is 9. The Hall–Kier alpha value is -1.99. The molecule has 30 heavy (non-hydrogen) atoms. The van der Waals surface area contributed by atoms with E-state index < -0.39 is 16.6 Å². The number of ether oxygens (including phenoxy) is 1. The normalized spacial score (nSPS) is 11.7. The standard InChI is InChI=1S/C19H24F2N4O3S.HI/c1-3-23-19(25-13-15-8-4-5-10-17(15)28-18(20)21)24-12-14-7-6-9-16(11-14)29(26,27)22-2;/h4-11,18,22H,3,12-13H2,1-2H3,(H2,23,24,25);1H. The molecular weight excluding hydrogens is 529 g/mol. The van der Waals surface area contributed by atoms with Gasteiger partial charge in [-0.2, -0.15) is 8.78 Å². The number of nitrogens with zero attached hydrogens (tertiary/aromatic N) is 1. The van der Waals surface area contributed by atoms with Gasteiger partial charge in [-0.05, 0) is 37.7 Å². The van der Waals surface area contributed by atoms with Crippen LogP contribution in [0.3, 0.4) is 0 Å². The lowest BCUT2D eigenvalue weighted by Crippen LogP contribution is -2.36. The molecule has 166 valence electrons. The van der Waals surface area contributed by atoms with E-state index in [-0.39, 0.29) is 47.7 Å². The van der Waals surface area contributed by atoms with Crippen molar-refractivity contribution in [1.82, 2.24) is 15.4 Å². The van der Waals surface area contributed by atoms with Crippen LogP contribution >= 0.6 is 24.0 Å². The quantitative estimate of drug-likeness (QED) is 0.252. The molecule has 11 heteroatoms. The molecule has 0 aromatic heterocycles. The van der Waals surface area contributed by atoms with Crippen molar-refractivity contribution in [2.75, 3.05) is 13.6 Å². The minimum absolute atomic E-state index is 0. The van der Waals surface area contributed by atoms with Crippen LogP contribution < -0.4 is 20.1 Å². The highest BCUT2D eigenvalue weighted by atomic mass is 127. The highest BCUT2D eigenvalue weighted by Gasteiger charge is 2.12. The average molecular weight is 554 g/mol. The number of hydrogen-bond donors (Lipinski definition) is 3. The Morgan fingerprint density at radius 2 is 1.87 bits per heavy atom. The van der Waals surface area contributed by atoms with Crippen LogP contribution in [0.1, 0.15) is 18.1 Å². The predicted molar refractivity (Wildman–Crippen MR) is 123 cm³/mol. The number of nitrogens with one attached hydrogen (secondary N) is 3. The fourth-order valence-corrected chi connectivity index (χ4v) is 3.28. The topological polar surface area (TPSA) is 91.8 Å². The van der Waals surface area contributed by atoms with Crippen LogP contribution in [0.5, 0.6) is 5.75 Å². The van der Waals surface area contributed by atoms with Crippen molar-refractivity contribution in [3.8, 4) is 5.75 Å². The van der Waals surface area contributed by atoms with E-state index in [9.17, 15) is 17.2 Å². The first-order valence-electron chi connectivity index (χ1n) is 8.93. The first kappa shape index (κ1) is 26.0. The van der Waals surface area contributed by atoms with Crippen molar-refractivity contribution in [3.05, 3.63) is 59.7 Å². The van der Waals surface area contributed by atoms with E-state index >= 15 is 0 Å². The van der Waals surface area contributed by atoms with Gasteiger partial charge in [0.15, 0.2) is 5.96 Å². The summed E-state index contributed by atoms with van der Waals surface area (Å²) in [6.45, 7) is 0.0418. The maximum absolute atomic E-state index is 12.5. The number of aliphatic imine (C=N–C) groups is 1. The number of sulfonamides is 1. The maximum atomic E-state index is 12.5. The van der Waals surface area contributed by atoms with Crippen molar-refractivity contribution in [1.29, 1.82) is 0 Å². The zero-order valence-corrected chi connectivity index (χ0v) is 19.7. The smallest absolute Gasteiger partial charge is 0.387 e. The van der Waals surface area contributed by atoms with Gasteiger partial charge in [-0.25, -0.2) is 18.1 Å². The lowest BCUT2D eigenvalue weighted by Gasteiger charge is -2.14. The highest BCUT2D eigenvalue weighted by Crippen LogP contribution is 2.20. The second-order valence-electron chi connectivity index (χ2n) is 5.89. The number of alkyl halides is 2. The third-order valence-corrected chi connectivity index (χ3v) is 5.29. The van der Waals surface area contributed by atoms with Gasteiger partial charge in [-0.3, -0.25) is 0 Å². The molecule has 3 N–H and O–H groups in total. The Balaban J connectivity index is 0.00000450. The molecule has 0 aliphatic carbocycles. The largest absolute Gasteiger partial charge is 0.434 e. The van der Waals surface area contributed by atoms with Crippen LogP contribution in [0, 0.1) is 0 Å². The molecule has 0 spiro atoms. The van der Waals surface area contributed by atoms with Gasteiger partial charge in [0, 0.05) is 18.7 Å². The van der Waals surface area contributed by atoms with Gasteiger partial charge in [0.05, 0.1) is 11.4 Å². The van der Waals surface area contributed by atoms with E-state index in [2.05, 4.69) is 25.1 Å². The SMILES string of the molecule is CCNC(=NCc1cccc(S(=O)(=O)NC)c1)NCc1ccccc1OC(F)F.I. The Labute approximate surface area is 192 Å². The van der Waals surface area contributed by atoms with E-state index in [4.69, 9.17) is 0 Å². The summed E-state index contributed by atoms with van der Waals surface area (Å²) in [4.78, 5) is 4.58. The molecule has 2 rings (SSSR count). The summed E-state index contributed by atoms with van der Waals surface area (Å²) < 4.78 is 55.7. The van der Waals surface area contributed by atoms with Crippen LogP contribution in [0.15, 0.2) is 58.4 Å². The molecule has 0 fully saturated rings. The Morgan fingerprint density at radius 1 is 1.13 bits per heavy atom. The van der Waals surface area contributed by atoms with Crippen molar-refractivity contribution < 1.29 is 21.9 Å². The molecule has 0 heterocycles. The number of benzene rings is 2. The van der Waals surface area contributed by atoms with E-state index in [1.165, 1.54) is 19.2 Å². The van der Waals surface area contributed by atoms with Crippen molar-refractivity contribution in [2.24, 2.45) is 4.99 Å². The molecule has 0 radical (unpaired) electrons. The zero-order chi connectivity index (χ0) is 21.3. The Kier molecular flexibility index (Phi) is 11.0. The monoisotopic (exact) mass is 554 g/mol. The minimum Gasteiger partial charge on any atom is -0.434 e. The first-order chi connectivity index (χ1) is 13.9. The molecule has 0 saturated heterocycles. The van der Waals surface area contributed by atoms with Gasteiger partial charge in [-0.1, -0.05) is 30.3 Å². The molecule has 0 amide bonds. The van der Waals surface area contributed by atoms with Gasteiger partial charge in [0.25, 0.3) is 0 Å². The minimum atomic E-state index is -3.54. The third-order valence-electron chi connectivity index (χ3n) is 3.88. The van der Waals surface area contributed by atoms with E-state index in [1.807, 2.05) is 6.92 Å². The van der Waals surface area contributed by atoms with E-state index in [0.717, 1.165) is 0 Å². The van der Waals surface area contributed by atoms with Gasteiger partial charge in [0.2, 0.25) is 10.0 Å². The first-order valence-corrected chi connectivity index (χ1v) is 10.4. The second kappa shape index (κ2) is 12.6. The van der Waals surface area contributed by atoms with E-state index in [1.54, 1.807) is 36.4 Å². The molecule has 7 nitrogen and oxygen atoms in total. The summed E-state index contributed by atoms with van der Waals surface area (Å²) in [6.07, 6.45) is 0. The van der Waals surface area contributed by atoms with Gasteiger partial charge >= 0.3 is 6.61 Å². The molecule has 2 aromatic carbocycles. The van der Waals surface area contributed by atoms with E-state index in [0.29, 0.717) is 23.6 Å². The molecule has 0 unspecified atom stereocenters. The molecule has 0 atom stereocenters. The highest BCUT2D eigenvalue weighted by molar-refractivity contribution is 14.0. The fourth-order valence-electron chi connectivity index (χ4n) is 2.48. The number of guanidine groups is 1. The van der Waals surface area contributed by atoms with Crippen LogP contribution in [0.2, 0.25) is 0 Å². The van der Waals surface area contributed by atoms with Gasteiger partial charge < -0.3 is 15.4 Å². The fraction of sp³-hybridized carbons (Fsp3) is 0.316. The third kappa shape index (κ3) is 8.03. The zero-order valence-electron chi connectivity index (χ0n) is 16.6. The van der Waals surface area contributed by atoms with Crippen LogP contribution in [-0.4, -0.2) is 34.6 Å². The Morgan fingerprint density at radius 3 is 2.53 bits per heavy atom. The van der Waals surface area contributed by atoms with Crippen molar-refractivity contribution in [2.45, 2.75) is 31.5 Å². The average Bonchev–Trinajstić information content (AvgIpc) is 2.71. The Bertz CT molecular complexity index is 943. The number of halogens is 3. The molecule has 0 saturated carbocycles. The van der Waals surface area contributed by atoms with Crippen molar-refractivity contribution in [3.63, 3.8) is 0 Å². The second-order valence-corrected chi connectivity index (χ2v) is 7.78. The summed E-state index contributed by atoms with van der Waals surface area (Å²) in [7, 11) is -2.19. The van der Waals surface area contributed by atoms with Gasteiger partial charge in [-0.15, -0.1) is 24.0 Å². The lowest BCUT2D eigenvalue weighted by molar-refractivity contribution is -0.0504. The summed E-state index contributed by atoms with van der Waals surface area (Å²) in [5, 5.41) is 6.12. The molecular formula is C19H25F2IN4O3S. The van der Waals surface area contributed by atoms with Crippen molar-refractivity contribution >= 4 is 40.0 Å². The summed E-state index contributed by atoms with van der Waals surface area (Å²) >= 11 is 0. The number of hydrogen-bond acceptors (Lipinski definition) is 4. The lowest BCUT2D eigenvalue weighted by atomic mass is 10.2. The van der Waals surface area contributed by atoms with Crippen LogP contribution in [0.25, 0.3) is 0 Å². The van der Waals surface area contributed by atoms with Gasteiger partial charge in [0.1, 0.15) is 5.75 Å². The maximum Gasteiger partial charge on any atom is 0.387 e.